The SMILES string of the molecule is CC1=CC(=O)CC(C)(C)[C@]1(O)/C=C/C(C)=C\C=O. The second-order valence-corrected chi connectivity index (χ2v) is 5.50. The van der Waals surface area contributed by atoms with Gasteiger partial charge in [-0.05, 0) is 43.2 Å². The third-order valence-electron chi connectivity index (χ3n) is 3.55. The molecular weight excluding hydrogens is 228 g/mol. The number of rotatable bonds is 3. The molecule has 0 amide bonds. The van der Waals surface area contributed by atoms with Crippen molar-refractivity contribution in [2.24, 2.45) is 5.41 Å². The lowest BCUT2D eigenvalue weighted by Crippen LogP contribution is -2.48. The highest BCUT2D eigenvalue weighted by atomic mass is 16.3. The van der Waals surface area contributed by atoms with Crippen molar-refractivity contribution in [3.63, 3.8) is 0 Å². The molecule has 0 spiro atoms. The first kappa shape index (κ1) is 14.6. The van der Waals surface area contributed by atoms with Crippen molar-refractivity contribution >= 4 is 12.1 Å². The maximum Gasteiger partial charge on any atom is 0.156 e. The van der Waals surface area contributed by atoms with Crippen molar-refractivity contribution in [1.82, 2.24) is 0 Å². The maximum atomic E-state index is 11.5. The van der Waals surface area contributed by atoms with Gasteiger partial charge in [0.05, 0.1) is 0 Å². The van der Waals surface area contributed by atoms with E-state index in [4.69, 9.17) is 0 Å². The molecule has 0 unspecified atom stereocenters. The zero-order valence-corrected chi connectivity index (χ0v) is 11.4. The normalized spacial score (nSPS) is 28.4. The van der Waals surface area contributed by atoms with E-state index in [1.807, 2.05) is 13.8 Å². The largest absolute Gasteiger partial charge is 0.381 e. The maximum absolute atomic E-state index is 11.5. The van der Waals surface area contributed by atoms with Crippen LogP contribution in [0, 0.1) is 5.41 Å². The lowest BCUT2D eigenvalue weighted by atomic mass is 9.64. The molecule has 3 heteroatoms. The van der Waals surface area contributed by atoms with Gasteiger partial charge in [-0.1, -0.05) is 19.9 Å². The fourth-order valence-corrected chi connectivity index (χ4v) is 2.28. The number of allylic oxidation sites excluding steroid dienone is 4. The van der Waals surface area contributed by atoms with E-state index in [0.717, 1.165) is 5.57 Å². The Bertz CT molecular complexity index is 452. The minimum absolute atomic E-state index is 0.0377. The molecular formula is C15H20O3. The smallest absolute Gasteiger partial charge is 0.156 e. The summed E-state index contributed by atoms with van der Waals surface area (Å²) in [5.74, 6) is 0.0377. The van der Waals surface area contributed by atoms with Crippen LogP contribution in [0.5, 0.6) is 0 Å². The van der Waals surface area contributed by atoms with Gasteiger partial charge in [-0.3, -0.25) is 9.59 Å². The summed E-state index contributed by atoms with van der Waals surface area (Å²) in [5.41, 5.74) is -0.308. The molecule has 0 radical (unpaired) electrons. The Labute approximate surface area is 108 Å². The second-order valence-electron chi connectivity index (χ2n) is 5.50. The van der Waals surface area contributed by atoms with Crippen molar-refractivity contribution in [1.29, 1.82) is 0 Å². The van der Waals surface area contributed by atoms with Crippen molar-refractivity contribution in [3.8, 4) is 0 Å². The molecule has 1 rings (SSSR count). The minimum atomic E-state index is -1.15. The van der Waals surface area contributed by atoms with Crippen molar-refractivity contribution in [3.05, 3.63) is 35.5 Å². The van der Waals surface area contributed by atoms with Gasteiger partial charge in [0.1, 0.15) is 11.9 Å². The molecule has 18 heavy (non-hydrogen) atoms. The molecule has 1 N–H and O–H groups in total. The van der Waals surface area contributed by atoms with Crippen LogP contribution in [0.3, 0.4) is 0 Å². The molecule has 1 atom stereocenters. The van der Waals surface area contributed by atoms with Gasteiger partial charge < -0.3 is 5.11 Å². The fourth-order valence-electron chi connectivity index (χ4n) is 2.28. The zero-order valence-electron chi connectivity index (χ0n) is 11.4. The highest BCUT2D eigenvalue weighted by Crippen LogP contribution is 2.44. The molecule has 0 aromatic carbocycles. The summed E-state index contributed by atoms with van der Waals surface area (Å²) >= 11 is 0. The third-order valence-corrected chi connectivity index (χ3v) is 3.55. The number of aldehydes is 1. The number of carbonyl (C=O) groups is 2. The second kappa shape index (κ2) is 5.02. The standard InChI is InChI=1S/C15H20O3/c1-11(6-8-16)5-7-15(18)12(2)9-13(17)10-14(15,3)4/h5-9,18H,10H2,1-4H3/b7-5+,11-6-/t15-/m0/s1. The van der Waals surface area contributed by atoms with E-state index >= 15 is 0 Å². The molecule has 0 heterocycles. The molecule has 0 saturated heterocycles. The Morgan fingerprint density at radius 1 is 1.44 bits per heavy atom. The number of ketones is 1. The van der Waals surface area contributed by atoms with Gasteiger partial charge in [0.15, 0.2) is 5.78 Å². The summed E-state index contributed by atoms with van der Waals surface area (Å²) in [7, 11) is 0. The zero-order chi connectivity index (χ0) is 14.0. The van der Waals surface area contributed by atoms with Gasteiger partial charge in [-0.25, -0.2) is 0 Å². The van der Waals surface area contributed by atoms with Gasteiger partial charge in [0, 0.05) is 11.8 Å². The van der Waals surface area contributed by atoms with E-state index in [1.54, 1.807) is 26.0 Å². The lowest BCUT2D eigenvalue weighted by molar-refractivity contribution is -0.121. The van der Waals surface area contributed by atoms with Crippen LogP contribution < -0.4 is 0 Å². The van der Waals surface area contributed by atoms with Crippen LogP contribution in [0.2, 0.25) is 0 Å². The number of hydrogen-bond donors (Lipinski definition) is 1. The summed E-state index contributed by atoms with van der Waals surface area (Å²) in [6.07, 6.45) is 7.32. The van der Waals surface area contributed by atoms with Crippen molar-refractivity contribution < 1.29 is 14.7 Å². The summed E-state index contributed by atoms with van der Waals surface area (Å²) in [6, 6.07) is 0. The summed E-state index contributed by atoms with van der Waals surface area (Å²) in [5, 5.41) is 10.8. The van der Waals surface area contributed by atoms with Crippen LogP contribution in [0.4, 0.5) is 0 Å². The minimum Gasteiger partial charge on any atom is -0.381 e. The van der Waals surface area contributed by atoms with E-state index in [1.165, 1.54) is 12.2 Å². The third kappa shape index (κ3) is 2.67. The average Bonchev–Trinajstić information content (AvgIpc) is 2.23. The molecule has 0 aliphatic heterocycles. The predicted molar refractivity (Wildman–Crippen MR) is 71.1 cm³/mol. The van der Waals surface area contributed by atoms with Crippen LogP contribution in [-0.4, -0.2) is 22.8 Å². The lowest BCUT2D eigenvalue weighted by Gasteiger charge is -2.43. The molecule has 1 aliphatic carbocycles. The predicted octanol–water partition coefficient (Wildman–Crippen LogP) is 2.36. The Morgan fingerprint density at radius 3 is 2.56 bits per heavy atom. The van der Waals surface area contributed by atoms with Crippen LogP contribution in [-0.2, 0) is 9.59 Å². The highest BCUT2D eigenvalue weighted by molar-refractivity contribution is 5.92. The van der Waals surface area contributed by atoms with Gasteiger partial charge in [-0.2, -0.15) is 0 Å². The van der Waals surface area contributed by atoms with E-state index in [9.17, 15) is 14.7 Å². The van der Waals surface area contributed by atoms with Gasteiger partial charge in [0.25, 0.3) is 0 Å². The van der Waals surface area contributed by atoms with Gasteiger partial charge in [0.2, 0.25) is 0 Å². The molecule has 0 aromatic rings. The number of hydrogen-bond acceptors (Lipinski definition) is 3. The average molecular weight is 248 g/mol. The molecule has 0 fully saturated rings. The summed E-state index contributed by atoms with van der Waals surface area (Å²) in [6.45, 7) is 7.27. The summed E-state index contributed by atoms with van der Waals surface area (Å²) < 4.78 is 0. The van der Waals surface area contributed by atoms with Gasteiger partial charge in [-0.15, -0.1) is 0 Å². The van der Waals surface area contributed by atoms with Gasteiger partial charge >= 0.3 is 0 Å². The van der Waals surface area contributed by atoms with Crippen molar-refractivity contribution in [2.75, 3.05) is 0 Å². The van der Waals surface area contributed by atoms with E-state index < -0.39 is 11.0 Å². The molecule has 1 aliphatic rings. The quantitative estimate of drug-likeness (QED) is 0.474. The fraction of sp³-hybridized carbons (Fsp3) is 0.467. The first-order valence-corrected chi connectivity index (χ1v) is 5.98. The molecule has 0 saturated carbocycles. The molecule has 0 aromatic heterocycles. The van der Waals surface area contributed by atoms with Crippen LogP contribution in [0.1, 0.15) is 34.1 Å². The van der Waals surface area contributed by atoms with E-state index in [0.29, 0.717) is 18.3 Å². The first-order valence-electron chi connectivity index (χ1n) is 5.98. The Kier molecular flexibility index (Phi) is 4.07. The topological polar surface area (TPSA) is 54.4 Å². The Balaban J connectivity index is 3.17. The van der Waals surface area contributed by atoms with Crippen LogP contribution in [0.15, 0.2) is 35.5 Å². The van der Waals surface area contributed by atoms with Crippen LogP contribution >= 0.6 is 0 Å². The highest BCUT2D eigenvalue weighted by Gasteiger charge is 2.46. The molecule has 0 bridgehead atoms. The van der Waals surface area contributed by atoms with E-state index in [2.05, 4.69) is 0 Å². The molecule has 98 valence electrons. The monoisotopic (exact) mass is 248 g/mol. The van der Waals surface area contributed by atoms with Crippen LogP contribution in [0.25, 0.3) is 0 Å². The number of aliphatic hydroxyl groups is 1. The number of carbonyl (C=O) groups excluding carboxylic acids is 2. The Hall–Kier alpha value is -1.48. The first-order chi connectivity index (χ1) is 8.23. The molecule has 3 nitrogen and oxygen atoms in total. The summed E-state index contributed by atoms with van der Waals surface area (Å²) in [4.78, 5) is 21.9. The van der Waals surface area contributed by atoms with E-state index in [-0.39, 0.29) is 5.78 Å². The van der Waals surface area contributed by atoms with Crippen molar-refractivity contribution in [2.45, 2.75) is 39.7 Å². The Morgan fingerprint density at radius 2 is 2.06 bits per heavy atom.